The van der Waals surface area contributed by atoms with Crippen LogP contribution in [0, 0.1) is 0 Å². The summed E-state index contributed by atoms with van der Waals surface area (Å²) < 4.78 is 0. The summed E-state index contributed by atoms with van der Waals surface area (Å²) in [5.74, 6) is 1.11. The summed E-state index contributed by atoms with van der Waals surface area (Å²) >= 11 is 6.55. The van der Waals surface area contributed by atoms with Gasteiger partial charge in [0.05, 0.1) is 0 Å². The summed E-state index contributed by atoms with van der Waals surface area (Å²) in [6.07, 6.45) is 0. The maximum Gasteiger partial charge on any atom is 0.226 e. The van der Waals surface area contributed by atoms with Crippen molar-refractivity contribution in [2.24, 2.45) is 0 Å². The monoisotopic (exact) mass is 493 g/mol. The highest BCUT2D eigenvalue weighted by Crippen LogP contribution is 2.37. The molecule has 0 aliphatic heterocycles. The summed E-state index contributed by atoms with van der Waals surface area (Å²) in [5, 5.41) is 7.10. The summed E-state index contributed by atoms with van der Waals surface area (Å²) in [4.78, 5) is 14.2. The third-order valence-corrected chi connectivity index (χ3v) is 7.03. The lowest BCUT2D eigenvalue weighted by Crippen LogP contribution is -1.99. The number of fused-ring (bicyclic) bond motifs is 4. The minimum Gasteiger partial charge on any atom is -0.208 e. The lowest BCUT2D eigenvalue weighted by Gasteiger charge is -2.13. The molecule has 6 aromatic carbocycles. The van der Waals surface area contributed by atoms with Crippen molar-refractivity contribution in [2.75, 3.05) is 0 Å². The second-order valence-corrected chi connectivity index (χ2v) is 9.35. The van der Waals surface area contributed by atoms with E-state index >= 15 is 0 Å². The van der Waals surface area contributed by atoms with Crippen molar-refractivity contribution >= 4 is 43.9 Å². The van der Waals surface area contributed by atoms with Gasteiger partial charge in [-0.25, -0.2) is 4.98 Å². The largest absolute Gasteiger partial charge is 0.226 e. The van der Waals surface area contributed by atoms with Gasteiger partial charge < -0.3 is 0 Å². The predicted octanol–water partition coefficient (Wildman–Crippen LogP) is 8.99. The Morgan fingerprint density at radius 2 is 0.919 bits per heavy atom. The Morgan fingerprint density at radius 1 is 0.378 bits per heavy atom. The van der Waals surface area contributed by atoms with Crippen LogP contribution >= 0.6 is 11.6 Å². The number of rotatable bonds is 3. The molecule has 3 nitrogen and oxygen atoms in total. The van der Waals surface area contributed by atoms with Gasteiger partial charge in [0.1, 0.15) is 0 Å². The Kier molecular flexibility index (Phi) is 5.16. The molecule has 0 saturated heterocycles. The molecule has 0 fully saturated rings. The maximum absolute atomic E-state index is 6.55. The van der Waals surface area contributed by atoms with Gasteiger partial charge in [-0.2, -0.15) is 9.97 Å². The highest BCUT2D eigenvalue weighted by Gasteiger charge is 2.17. The molecule has 0 atom stereocenters. The minimum absolute atomic E-state index is 0.171. The molecule has 0 bridgehead atoms. The van der Waals surface area contributed by atoms with Crippen molar-refractivity contribution in [3.8, 4) is 33.9 Å². The normalized spacial score (nSPS) is 11.4. The average molecular weight is 494 g/mol. The van der Waals surface area contributed by atoms with E-state index in [2.05, 4.69) is 101 Å². The van der Waals surface area contributed by atoms with Crippen molar-refractivity contribution in [2.45, 2.75) is 0 Å². The van der Waals surface area contributed by atoms with E-state index in [9.17, 15) is 0 Å². The van der Waals surface area contributed by atoms with Crippen LogP contribution in [0.1, 0.15) is 0 Å². The molecular weight excluding hydrogens is 474 g/mol. The van der Waals surface area contributed by atoms with E-state index in [1.165, 1.54) is 16.2 Å². The number of aromatic nitrogens is 3. The van der Waals surface area contributed by atoms with E-state index in [1.54, 1.807) is 0 Å². The Morgan fingerprint density at radius 3 is 1.73 bits per heavy atom. The summed E-state index contributed by atoms with van der Waals surface area (Å²) in [6.45, 7) is 0. The molecule has 0 saturated carbocycles. The van der Waals surface area contributed by atoms with Gasteiger partial charge in [0.2, 0.25) is 5.28 Å². The smallest absolute Gasteiger partial charge is 0.208 e. The van der Waals surface area contributed by atoms with E-state index in [0.29, 0.717) is 11.6 Å². The number of nitrogens with zero attached hydrogens (tertiary/aromatic N) is 3. The van der Waals surface area contributed by atoms with Crippen LogP contribution < -0.4 is 0 Å². The number of hydrogen-bond acceptors (Lipinski definition) is 3. The lowest BCUT2D eigenvalue weighted by molar-refractivity contribution is 1.07. The maximum atomic E-state index is 6.55. The molecular formula is C33H20ClN3. The molecule has 0 spiro atoms. The van der Waals surface area contributed by atoms with Crippen LogP contribution in [0.3, 0.4) is 0 Å². The first-order chi connectivity index (χ1) is 18.3. The Labute approximate surface area is 219 Å². The van der Waals surface area contributed by atoms with E-state index in [0.717, 1.165) is 38.4 Å². The van der Waals surface area contributed by atoms with Crippen LogP contribution in [0.15, 0.2) is 121 Å². The number of halogens is 1. The molecule has 0 aliphatic rings. The van der Waals surface area contributed by atoms with Gasteiger partial charge >= 0.3 is 0 Å². The molecule has 7 aromatic rings. The molecule has 0 radical (unpaired) electrons. The molecule has 0 unspecified atom stereocenters. The molecule has 7 rings (SSSR count). The van der Waals surface area contributed by atoms with Crippen LogP contribution in [-0.2, 0) is 0 Å². The van der Waals surface area contributed by atoms with Crippen LogP contribution in [-0.4, -0.2) is 15.0 Å². The summed E-state index contributed by atoms with van der Waals surface area (Å²) in [5.41, 5.74) is 4.02. The van der Waals surface area contributed by atoms with Gasteiger partial charge in [-0.1, -0.05) is 115 Å². The second-order valence-electron chi connectivity index (χ2n) is 9.01. The SMILES string of the molecule is Clc1nc(-c2ccccc2-c2cccc3ccccc23)nc(-c2cc3ccccc3c3ccccc23)n1. The topological polar surface area (TPSA) is 38.7 Å². The zero-order valence-electron chi connectivity index (χ0n) is 19.8. The standard InChI is InChI=1S/C33H20ClN3/c34-33-36-31(29-18-8-7-16-27(29)26-19-9-12-21-10-1-3-13-23(21)26)35-32(37-33)30-20-22-11-2-4-14-24(22)25-15-5-6-17-28(25)30/h1-20H. The summed E-state index contributed by atoms with van der Waals surface area (Å²) in [7, 11) is 0. The van der Waals surface area contributed by atoms with E-state index in [1.807, 2.05) is 30.3 Å². The molecule has 1 heterocycles. The Balaban J connectivity index is 1.47. The van der Waals surface area contributed by atoms with Crippen molar-refractivity contribution in [1.82, 2.24) is 15.0 Å². The second kappa shape index (κ2) is 8.81. The van der Waals surface area contributed by atoms with Gasteiger partial charge in [0.15, 0.2) is 11.6 Å². The Hall–Kier alpha value is -4.60. The molecule has 1 aromatic heterocycles. The quantitative estimate of drug-likeness (QED) is 0.230. The Bertz CT molecular complexity index is 1960. The van der Waals surface area contributed by atoms with Gasteiger partial charge in [-0.15, -0.1) is 0 Å². The first-order valence-electron chi connectivity index (χ1n) is 12.2. The van der Waals surface area contributed by atoms with Crippen molar-refractivity contribution in [3.63, 3.8) is 0 Å². The molecule has 4 heteroatoms. The van der Waals surface area contributed by atoms with Crippen LogP contribution in [0.25, 0.3) is 66.2 Å². The zero-order valence-corrected chi connectivity index (χ0v) is 20.5. The fourth-order valence-corrected chi connectivity index (χ4v) is 5.36. The van der Waals surface area contributed by atoms with Crippen molar-refractivity contribution < 1.29 is 0 Å². The van der Waals surface area contributed by atoms with Gasteiger partial charge in [-0.3, -0.25) is 0 Å². The average Bonchev–Trinajstić information content (AvgIpc) is 2.96. The third kappa shape index (κ3) is 3.72. The zero-order chi connectivity index (χ0) is 24.8. The first kappa shape index (κ1) is 21.7. The van der Waals surface area contributed by atoms with Crippen molar-refractivity contribution in [1.29, 1.82) is 0 Å². The fourth-order valence-electron chi connectivity index (χ4n) is 5.20. The van der Waals surface area contributed by atoms with Crippen molar-refractivity contribution in [3.05, 3.63) is 127 Å². The molecule has 174 valence electrons. The molecule has 0 amide bonds. The lowest BCUT2D eigenvalue weighted by atomic mass is 9.94. The third-order valence-electron chi connectivity index (χ3n) is 6.86. The van der Waals surface area contributed by atoms with E-state index in [4.69, 9.17) is 16.6 Å². The van der Waals surface area contributed by atoms with Gasteiger partial charge in [0, 0.05) is 11.1 Å². The number of hydrogen-bond donors (Lipinski definition) is 0. The molecule has 0 N–H and O–H groups in total. The molecule has 37 heavy (non-hydrogen) atoms. The highest BCUT2D eigenvalue weighted by atomic mass is 35.5. The van der Waals surface area contributed by atoms with E-state index in [-0.39, 0.29) is 5.28 Å². The van der Waals surface area contributed by atoms with Crippen LogP contribution in [0.2, 0.25) is 5.28 Å². The van der Waals surface area contributed by atoms with Crippen LogP contribution in [0.5, 0.6) is 0 Å². The van der Waals surface area contributed by atoms with Crippen LogP contribution in [0.4, 0.5) is 0 Å². The minimum atomic E-state index is 0.171. The predicted molar refractivity (Wildman–Crippen MR) is 154 cm³/mol. The summed E-state index contributed by atoms with van der Waals surface area (Å²) in [6, 6.07) is 41.8. The van der Waals surface area contributed by atoms with E-state index < -0.39 is 0 Å². The highest BCUT2D eigenvalue weighted by molar-refractivity contribution is 6.28. The number of benzene rings is 6. The van der Waals surface area contributed by atoms with Gasteiger partial charge in [-0.05, 0) is 61.1 Å². The first-order valence-corrected chi connectivity index (χ1v) is 12.5. The molecule has 0 aliphatic carbocycles. The van der Waals surface area contributed by atoms with Gasteiger partial charge in [0.25, 0.3) is 0 Å². The fraction of sp³-hybridized carbons (Fsp3) is 0.